The number of anilines is 1. The van der Waals surface area contributed by atoms with Gasteiger partial charge in [-0.2, -0.15) is 0 Å². The lowest BCUT2D eigenvalue weighted by Crippen LogP contribution is -2.13. The van der Waals surface area contributed by atoms with Crippen molar-refractivity contribution in [1.82, 2.24) is 4.98 Å². The Hall–Kier alpha value is -2.27. The molecule has 0 bridgehead atoms. The van der Waals surface area contributed by atoms with Gasteiger partial charge in [-0.25, -0.2) is 9.37 Å². The van der Waals surface area contributed by atoms with Gasteiger partial charge in [0, 0.05) is 0 Å². The highest BCUT2D eigenvalue weighted by atomic mass is 32.1. The van der Waals surface area contributed by atoms with Crippen LogP contribution in [-0.2, 0) is 0 Å². The minimum absolute atomic E-state index is 0.0182. The summed E-state index contributed by atoms with van der Waals surface area (Å²) < 4.78 is 14.6. The second-order valence-corrected chi connectivity index (χ2v) is 6.37. The van der Waals surface area contributed by atoms with Gasteiger partial charge in [0.25, 0.3) is 5.91 Å². The zero-order valence-electron chi connectivity index (χ0n) is 12.3. The predicted molar refractivity (Wildman–Crippen MR) is 88.1 cm³/mol. The fraction of sp³-hybridized carbons (Fsp3) is 0.176. The summed E-state index contributed by atoms with van der Waals surface area (Å²) in [4.78, 5) is 16.5. The largest absolute Gasteiger partial charge is 0.298 e. The Morgan fingerprint density at radius 1 is 1.23 bits per heavy atom. The maximum atomic E-state index is 13.6. The average molecular weight is 314 g/mol. The lowest BCUT2D eigenvalue weighted by atomic mass is 10.0. The van der Waals surface area contributed by atoms with Gasteiger partial charge < -0.3 is 0 Å². The summed E-state index contributed by atoms with van der Waals surface area (Å²) in [6, 6.07) is 12.0. The van der Waals surface area contributed by atoms with Crippen molar-refractivity contribution in [3.63, 3.8) is 0 Å². The minimum atomic E-state index is -0.539. The van der Waals surface area contributed by atoms with Crippen molar-refractivity contribution < 1.29 is 9.18 Å². The summed E-state index contributed by atoms with van der Waals surface area (Å²) in [5, 5.41) is 3.14. The van der Waals surface area contributed by atoms with E-state index in [1.807, 2.05) is 12.1 Å². The van der Waals surface area contributed by atoms with E-state index in [2.05, 4.69) is 30.2 Å². The number of benzene rings is 2. The third-order valence-corrected chi connectivity index (χ3v) is 4.35. The van der Waals surface area contributed by atoms with Gasteiger partial charge in [-0.1, -0.05) is 43.4 Å². The molecule has 0 aliphatic heterocycles. The second-order valence-electron chi connectivity index (χ2n) is 5.33. The van der Waals surface area contributed by atoms with Crippen LogP contribution in [0.3, 0.4) is 0 Å². The maximum absolute atomic E-state index is 13.6. The van der Waals surface area contributed by atoms with E-state index in [0.717, 1.165) is 10.2 Å². The second kappa shape index (κ2) is 5.85. The van der Waals surface area contributed by atoms with Crippen LogP contribution in [-0.4, -0.2) is 10.9 Å². The first-order valence-corrected chi connectivity index (χ1v) is 7.82. The molecule has 5 heteroatoms. The van der Waals surface area contributed by atoms with Crippen LogP contribution in [0.2, 0.25) is 0 Å². The van der Waals surface area contributed by atoms with E-state index < -0.39 is 11.7 Å². The Labute approximate surface area is 131 Å². The van der Waals surface area contributed by atoms with Crippen molar-refractivity contribution >= 4 is 32.6 Å². The standard InChI is InChI=1S/C17H15FN2OS/c1-10(2)11-7-8-14-15(9-11)22-17(19-14)20-16(21)12-5-3-4-6-13(12)18/h3-10H,1-2H3,(H,19,20,21). The van der Waals surface area contributed by atoms with Crippen molar-refractivity contribution in [2.45, 2.75) is 19.8 Å². The molecule has 1 N–H and O–H groups in total. The summed E-state index contributed by atoms with van der Waals surface area (Å²) >= 11 is 1.39. The molecule has 112 valence electrons. The molecule has 0 atom stereocenters. The van der Waals surface area contributed by atoms with Gasteiger partial charge in [0.05, 0.1) is 15.8 Å². The number of hydrogen-bond acceptors (Lipinski definition) is 3. The first kappa shape index (κ1) is 14.7. The summed E-state index contributed by atoms with van der Waals surface area (Å²) in [6.45, 7) is 4.26. The van der Waals surface area contributed by atoms with Crippen LogP contribution >= 0.6 is 11.3 Å². The van der Waals surface area contributed by atoms with Crippen LogP contribution < -0.4 is 5.32 Å². The van der Waals surface area contributed by atoms with Gasteiger partial charge in [-0.15, -0.1) is 0 Å². The van der Waals surface area contributed by atoms with Gasteiger partial charge in [0.1, 0.15) is 5.82 Å². The van der Waals surface area contributed by atoms with E-state index in [4.69, 9.17) is 0 Å². The summed E-state index contributed by atoms with van der Waals surface area (Å²) in [6.07, 6.45) is 0. The third kappa shape index (κ3) is 2.85. The topological polar surface area (TPSA) is 42.0 Å². The molecule has 1 amide bonds. The SMILES string of the molecule is CC(C)c1ccc2nc(NC(=O)c3ccccc3F)sc2c1. The number of carbonyl (C=O) groups is 1. The Balaban J connectivity index is 1.88. The number of hydrogen-bond donors (Lipinski definition) is 1. The molecule has 3 rings (SSSR count). The van der Waals surface area contributed by atoms with Gasteiger partial charge in [0.15, 0.2) is 5.13 Å². The predicted octanol–water partition coefficient (Wildman–Crippen LogP) is 4.81. The lowest BCUT2D eigenvalue weighted by molar-refractivity contribution is 0.102. The number of nitrogens with one attached hydrogen (secondary N) is 1. The van der Waals surface area contributed by atoms with Crippen LogP contribution in [0.15, 0.2) is 42.5 Å². The highest BCUT2D eigenvalue weighted by Gasteiger charge is 2.13. The molecule has 0 radical (unpaired) electrons. The van der Waals surface area contributed by atoms with Gasteiger partial charge in [-0.05, 0) is 35.7 Å². The summed E-state index contributed by atoms with van der Waals surface area (Å²) in [5.41, 5.74) is 2.07. The van der Waals surface area contributed by atoms with E-state index in [0.29, 0.717) is 11.0 Å². The maximum Gasteiger partial charge on any atom is 0.260 e. The number of rotatable bonds is 3. The molecular formula is C17H15FN2OS. The Morgan fingerprint density at radius 2 is 2.00 bits per heavy atom. The zero-order valence-corrected chi connectivity index (χ0v) is 13.1. The number of nitrogens with zero attached hydrogens (tertiary/aromatic N) is 1. The van der Waals surface area contributed by atoms with Crippen molar-refractivity contribution in [1.29, 1.82) is 0 Å². The molecule has 0 unspecified atom stereocenters. The third-order valence-electron chi connectivity index (χ3n) is 3.42. The molecule has 0 saturated heterocycles. The molecule has 1 aromatic heterocycles. The first-order chi connectivity index (χ1) is 10.5. The van der Waals surface area contributed by atoms with Crippen molar-refractivity contribution in [3.05, 3.63) is 59.4 Å². The van der Waals surface area contributed by atoms with E-state index in [1.54, 1.807) is 12.1 Å². The number of fused-ring (bicyclic) bond motifs is 1. The Kier molecular flexibility index (Phi) is 3.90. The number of aromatic nitrogens is 1. The molecule has 0 spiro atoms. The molecule has 0 aliphatic rings. The number of thiazole rings is 1. The van der Waals surface area contributed by atoms with Crippen molar-refractivity contribution in [2.24, 2.45) is 0 Å². The average Bonchev–Trinajstić information content (AvgIpc) is 2.88. The molecule has 22 heavy (non-hydrogen) atoms. The fourth-order valence-electron chi connectivity index (χ4n) is 2.16. The molecule has 0 fully saturated rings. The van der Waals surface area contributed by atoms with Crippen LogP contribution in [0, 0.1) is 5.82 Å². The minimum Gasteiger partial charge on any atom is -0.298 e. The molecule has 0 aliphatic carbocycles. The van der Waals surface area contributed by atoms with E-state index in [9.17, 15) is 9.18 Å². The molecule has 2 aromatic carbocycles. The van der Waals surface area contributed by atoms with E-state index in [1.165, 1.54) is 29.0 Å². The smallest absolute Gasteiger partial charge is 0.260 e. The van der Waals surface area contributed by atoms with Crippen molar-refractivity contribution in [3.8, 4) is 0 Å². The molecule has 3 nitrogen and oxygen atoms in total. The normalized spacial score (nSPS) is 11.1. The highest BCUT2D eigenvalue weighted by molar-refractivity contribution is 7.22. The van der Waals surface area contributed by atoms with Crippen LogP contribution in [0.4, 0.5) is 9.52 Å². The molecule has 3 aromatic rings. The number of carbonyl (C=O) groups excluding carboxylic acids is 1. The van der Waals surface area contributed by atoms with Crippen LogP contribution in [0.25, 0.3) is 10.2 Å². The monoisotopic (exact) mass is 314 g/mol. The molecule has 0 saturated carbocycles. The Morgan fingerprint density at radius 3 is 2.73 bits per heavy atom. The van der Waals surface area contributed by atoms with Crippen molar-refractivity contribution in [2.75, 3.05) is 5.32 Å². The summed E-state index contributed by atoms with van der Waals surface area (Å²) in [7, 11) is 0. The number of amides is 1. The molecule has 1 heterocycles. The first-order valence-electron chi connectivity index (χ1n) is 7.01. The van der Waals surface area contributed by atoms with Crippen LogP contribution in [0.5, 0.6) is 0 Å². The zero-order chi connectivity index (χ0) is 15.7. The lowest BCUT2D eigenvalue weighted by Gasteiger charge is -2.03. The Bertz CT molecular complexity index is 842. The molecular weight excluding hydrogens is 299 g/mol. The van der Waals surface area contributed by atoms with E-state index >= 15 is 0 Å². The van der Waals surface area contributed by atoms with E-state index in [-0.39, 0.29) is 5.56 Å². The number of halogens is 1. The van der Waals surface area contributed by atoms with Gasteiger partial charge in [0.2, 0.25) is 0 Å². The van der Waals surface area contributed by atoms with Gasteiger partial charge >= 0.3 is 0 Å². The highest BCUT2D eigenvalue weighted by Crippen LogP contribution is 2.29. The summed E-state index contributed by atoms with van der Waals surface area (Å²) in [5.74, 6) is -0.590. The van der Waals surface area contributed by atoms with Crippen LogP contribution in [0.1, 0.15) is 35.7 Å². The van der Waals surface area contributed by atoms with Gasteiger partial charge in [-0.3, -0.25) is 10.1 Å². The quantitative estimate of drug-likeness (QED) is 0.753. The fourth-order valence-corrected chi connectivity index (χ4v) is 3.07.